The van der Waals surface area contributed by atoms with E-state index in [-0.39, 0.29) is 24.3 Å². The van der Waals surface area contributed by atoms with Crippen LogP contribution in [0.4, 0.5) is 5.69 Å². The van der Waals surface area contributed by atoms with Crippen molar-refractivity contribution in [1.82, 2.24) is 0 Å². The fourth-order valence-electron chi connectivity index (χ4n) is 1.59. The molecule has 1 aromatic carbocycles. The maximum Gasteiger partial charge on any atom is 0.236 e. The van der Waals surface area contributed by atoms with Gasteiger partial charge in [-0.3, -0.25) is 10.2 Å². The van der Waals surface area contributed by atoms with Crippen LogP contribution < -0.4 is 16.4 Å². The normalized spacial score (nSPS) is 10.3. The Kier molecular flexibility index (Phi) is 4.09. The van der Waals surface area contributed by atoms with Crippen molar-refractivity contribution in [3.05, 3.63) is 29.8 Å². The number of hydrogen-bond acceptors (Lipinski definition) is 3. The van der Waals surface area contributed by atoms with Crippen molar-refractivity contribution < 1.29 is 4.79 Å². The Labute approximate surface area is 101 Å². The van der Waals surface area contributed by atoms with Gasteiger partial charge in [0.05, 0.1) is 6.54 Å². The Hall–Kier alpha value is -2.04. The van der Waals surface area contributed by atoms with Crippen molar-refractivity contribution in [3.63, 3.8) is 0 Å². The smallest absolute Gasteiger partial charge is 0.236 e. The van der Waals surface area contributed by atoms with Crippen molar-refractivity contribution in [2.45, 2.75) is 19.9 Å². The van der Waals surface area contributed by atoms with Crippen molar-refractivity contribution in [2.75, 3.05) is 11.4 Å². The number of nitrogens with two attached hydrogens (primary N) is 2. The standard InChI is InChI=1S/C12H18N4O/c1-8(2)16(7-11(13)17)10-5-3-4-9(6-10)12(14)15/h3-6,8H,7H2,1-2H3,(H2,13,17)(H3,14,15). The van der Waals surface area contributed by atoms with E-state index in [0.717, 1.165) is 5.69 Å². The summed E-state index contributed by atoms with van der Waals surface area (Å²) >= 11 is 0. The van der Waals surface area contributed by atoms with Crippen molar-refractivity contribution in [2.24, 2.45) is 11.5 Å². The first-order chi connectivity index (χ1) is 7.91. The summed E-state index contributed by atoms with van der Waals surface area (Å²) in [5.41, 5.74) is 12.1. The van der Waals surface area contributed by atoms with Crippen LogP contribution in [-0.2, 0) is 4.79 Å². The molecule has 0 unspecified atom stereocenters. The first-order valence-electron chi connectivity index (χ1n) is 5.41. The number of benzene rings is 1. The molecule has 0 radical (unpaired) electrons. The molecule has 5 heteroatoms. The number of carbonyl (C=O) groups is 1. The number of anilines is 1. The highest BCUT2D eigenvalue weighted by Crippen LogP contribution is 2.18. The molecule has 5 N–H and O–H groups in total. The molecule has 0 aliphatic heterocycles. The summed E-state index contributed by atoms with van der Waals surface area (Å²) in [6.07, 6.45) is 0. The third-order valence-electron chi connectivity index (χ3n) is 2.44. The maximum absolute atomic E-state index is 11.0. The second-order valence-corrected chi connectivity index (χ2v) is 4.15. The van der Waals surface area contributed by atoms with Gasteiger partial charge in [-0.2, -0.15) is 0 Å². The second-order valence-electron chi connectivity index (χ2n) is 4.15. The molecule has 5 nitrogen and oxygen atoms in total. The molecular weight excluding hydrogens is 216 g/mol. The summed E-state index contributed by atoms with van der Waals surface area (Å²) < 4.78 is 0. The van der Waals surface area contributed by atoms with Crippen LogP contribution in [0.1, 0.15) is 19.4 Å². The Morgan fingerprint density at radius 2 is 2.06 bits per heavy atom. The minimum absolute atomic E-state index is 0.00892. The topological polar surface area (TPSA) is 96.2 Å². The molecule has 1 rings (SSSR count). The SMILES string of the molecule is CC(C)N(CC(N)=O)c1cccc(C(=N)N)c1. The average Bonchev–Trinajstić information content (AvgIpc) is 2.25. The molecule has 0 saturated carbocycles. The van der Waals surface area contributed by atoms with Gasteiger partial charge in [0.25, 0.3) is 0 Å². The van der Waals surface area contributed by atoms with Gasteiger partial charge in [-0.15, -0.1) is 0 Å². The van der Waals surface area contributed by atoms with Gasteiger partial charge in [-0.05, 0) is 26.0 Å². The summed E-state index contributed by atoms with van der Waals surface area (Å²) in [7, 11) is 0. The maximum atomic E-state index is 11.0. The largest absolute Gasteiger partial charge is 0.384 e. The zero-order chi connectivity index (χ0) is 13.0. The zero-order valence-corrected chi connectivity index (χ0v) is 10.1. The number of amidine groups is 1. The molecule has 92 valence electrons. The molecule has 1 amide bonds. The molecule has 0 heterocycles. The van der Waals surface area contributed by atoms with Crippen molar-refractivity contribution in [1.29, 1.82) is 5.41 Å². The van der Waals surface area contributed by atoms with Crippen molar-refractivity contribution >= 4 is 17.4 Å². The number of nitrogens with one attached hydrogen (secondary N) is 1. The van der Waals surface area contributed by atoms with Gasteiger partial charge in [-0.25, -0.2) is 0 Å². The van der Waals surface area contributed by atoms with Crippen LogP contribution in [0.3, 0.4) is 0 Å². The van der Waals surface area contributed by atoms with E-state index in [2.05, 4.69) is 0 Å². The average molecular weight is 234 g/mol. The molecule has 0 aliphatic rings. The van der Waals surface area contributed by atoms with E-state index in [1.807, 2.05) is 30.9 Å². The fourth-order valence-corrected chi connectivity index (χ4v) is 1.59. The Balaban J connectivity index is 3.05. The van der Waals surface area contributed by atoms with Gasteiger partial charge in [0.1, 0.15) is 5.84 Å². The lowest BCUT2D eigenvalue weighted by Crippen LogP contribution is -2.38. The van der Waals surface area contributed by atoms with E-state index in [0.29, 0.717) is 5.56 Å². The van der Waals surface area contributed by atoms with E-state index in [1.54, 1.807) is 12.1 Å². The van der Waals surface area contributed by atoms with E-state index >= 15 is 0 Å². The second kappa shape index (κ2) is 5.34. The molecule has 0 atom stereocenters. The number of amides is 1. The lowest BCUT2D eigenvalue weighted by molar-refractivity contribution is -0.116. The molecule has 0 bridgehead atoms. The molecule has 17 heavy (non-hydrogen) atoms. The zero-order valence-electron chi connectivity index (χ0n) is 10.1. The predicted molar refractivity (Wildman–Crippen MR) is 69.1 cm³/mol. The number of hydrogen-bond donors (Lipinski definition) is 3. The van der Waals surface area contributed by atoms with Gasteiger partial charge in [0.15, 0.2) is 0 Å². The molecule has 0 spiro atoms. The first-order valence-corrected chi connectivity index (χ1v) is 5.41. The summed E-state index contributed by atoms with van der Waals surface area (Å²) in [6, 6.07) is 7.36. The third-order valence-corrected chi connectivity index (χ3v) is 2.44. The van der Waals surface area contributed by atoms with E-state index in [1.165, 1.54) is 0 Å². The first kappa shape index (κ1) is 13.0. The minimum atomic E-state index is -0.382. The lowest BCUT2D eigenvalue weighted by Gasteiger charge is -2.27. The van der Waals surface area contributed by atoms with Gasteiger partial charge in [0, 0.05) is 17.3 Å². The molecule has 1 aromatic rings. The lowest BCUT2D eigenvalue weighted by atomic mass is 10.1. The van der Waals surface area contributed by atoms with Crippen LogP contribution in [0.5, 0.6) is 0 Å². The highest BCUT2D eigenvalue weighted by atomic mass is 16.1. The Bertz CT molecular complexity index is 428. The molecule has 0 aromatic heterocycles. The van der Waals surface area contributed by atoms with Crippen LogP contribution in [0.2, 0.25) is 0 Å². The quantitative estimate of drug-likeness (QED) is 0.516. The Morgan fingerprint density at radius 1 is 1.41 bits per heavy atom. The Morgan fingerprint density at radius 3 is 2.53 bits per heavy atom. The van der Waals surface area contributed by atoms with Gasteiger partial charge < -0.3 is 16.4 Å². The summed E-state index contributed by atoms with van der Waals surface area (Å²) in [5, 5.41) is 7.39. The fraction of sp³-hybridized carbons (Fsp3) is 0.333. The van der Waals surface area contributed by atoms with Gasteiger partial charge in [0.2, 0.25) is 5.91 Å². The minimum Gasteiger partial charge on any atom is -0.384 e. The summed E-state index contributed by atoms with van der Waals surface area (Å²) in [6.45, 7) is 4.10. The van der Waals surface area contributed by atoms with E-state index < -0.39 is 0 Å². The predicted octanol–water partition coefficient (Wildman–Crippen LogP) is 0.671. The number of primary amides is 1. The van der Waals surface area contributed by atoms with E-state index in [4.69, 9.17) is 16.9 Å². The highest BCUT2D eigenvalue weighted by molar-refractivity contribution is 5.96. The number of nitrogens with zero attached hydrogens (tertiary/aromatic N) is 1. The molecular formula is C12H18N4O. The van der Waals surface area contributed by atoms with Crippen LogP contribution in [0.15, 0.2) is 24.3 Å². The molecule has 0 saturated heterocycles. The summed E-state index contributed by atoms with van der Waals surface area (Å²) in [4.78, 5) is 12.9. The van der Waals surface area contributed by atoms with Gasteiger partial charge >= 0.3 is 0 Å². The summed E-state index contributed by atoms with van der Waals surface area (Å²) in [5.74, 6) is -0.374. The van der Waals surface area contributed by atoms with Crippen LogP contribution >= 0.6 is 0 Å². The number of nitrogen functional groups attached to an aromatic ring is 1. The van der Waals surface area contributed by atoms with Crippen LogP contribution in [0, 0.1) is 5.41 Å². The number of rotatable bonds is 5. The van der Waals surface area contributed by atoms with Crippen LogP contribution in [-0.4, -0.2) is 24.3 Å². The van der Waals surface area contributed by atoms with E-state index in [9.17, 15) is 4.79 Å². The highest BCUT2D eigenvalue weighted by Gasteiger charge is 2.13. The van der Waals surface area contributed by atoms with Gasteiger partial charge in [-0.1, -0.05) is 12.1 Å². The molecule has 0 fully saturated rings. The number of carbonyl (C=O) groups excluding carboxylic acids is 1. The van der Waals surface area contributed by atoms with Crippen LogP contribution in [0.25, 0.3) is 0 Å². The monoisotopic (exact) mass is 234 g/mol. The third kappa shape index (κ3) is 3.48. The van der Waals surface area contributed by atoms with Crippen molar-refractivity contribution in [3.8, 4) is 0 Å². The molecule has 0 aliphatic carbocycles.